The van der Waals surface area contributed by atoms with Gasteiger partial charge in [-0.1, -0.05) is 0 Å². The van der Waals surface area contributed by atoms with Gasteiger partial charge in [-0.15, -0.1) is 0 Å². The summed E-state index contributed by atoms with van der Waals surface area (Å²) in [7, 11) is 1.84. The van der Waals surface area contributed by atoms with Crippen molar-refractivity contribution in [3.8, 4) is 5.75 Å². The minimum absolute atomic E-state index is 0.124. The van der Waals surface area contributed by atoms with Gasteiger partial charge in [-0.2, -0.15) is 0 Å². The van der Waals surface area contributed by atoms with E-state index < -0.39 is 6.67 Å². The lowest BCUT2D eigenvalue weighted by molar-refractivity contribution is 0.273. The van der Waals surface area contributed by atoms with Crippen molar-refractivity contribution in [1.82, 2.24) is 0 Å². The summed E-state index contributed by atoms with van der Waals surface area (Å²) in [5.41, 5.74) is 1.02. The first-order valence-electron chi connectivity index (χ1n) is 3.83. The Bertz CT molecular complexity index is 222. The monoisotopic (exact) mass is 169 g/mol. The van der Waals surface area contributed by atoms with E-state index >= 15 is 0 Å². The third-order valence-electron chi connectivity index (χ3n) is 1.49. The summed E-state index contributed by atoms with van der Waals surface area (Å²) in [4.78, 5) is 0. The maximum absolute atomic E-state index is 11.7. The molecule has 0 aliphatic rings. The Morgan fingerprint density at radius 1 is 1.33 bits per heavy atom. The SMILES string of the molecule is CNc1ccc(OCCF)cc1. The van der Waals surface area contributed by atoms with Crippen LogP contribution in [0.3, 0.4) is 0 Å². The van der Waals surface area contributed by atoms with Gasteiger partial charge in [0.25, 0.3) is 0 Å². The van der Waals surface area contributed by atoms with Crippen LogP contribution >= 0.6 is 0 Å². The second kappa shape index (κ2) is 4.59. The molecule has 0 saturated carbocycles. The predicted molar refractivity (Wildman–Crippen MR) is 47.5 cm³/mol. The van der Waals surface area contributed by atoms with E-state index in [9.17, 15) is 4.39 Å². The molecule has 1 N–H and O–H groups in total. The summed E-state index contributed by atoms with van der Waals surface area (Å²) >= 11 is 0. The molecule has 1 aromatic rings. The van der Waals surface area contributed by atoms with Gasteiger partial charge in [0.2, 0.25) is 0 Å². The Kier molecular flexibility index (Phi) is 3.38. The number of hydrogen-bond donors (Lipinski definition) is 1. The van der Waals surface area contributed by atoms with Crippen molar-refractivity contribution < 1.29 is 9.13 Å². The van der Waals surface area contributed by atoms with E-state index in [4.69, 9.17) is 4.74 Å². The average Bonchev–Trinajstić information content (AvgIpc) is 2.15. The van der Waals surface area contributed by atoms with Crippen LogP contribution in [-0.4, -0.2) is 20.3 Å². The number of hydrogen-bond acceptors (Lipinski definition) is 2. The van der Waals surface area contributed by atoms with Crippen LogP contribution in [0.25, 0.3) is 0 Å². The molecule has 3 heteroatoms. The molecule has 0 bridgehead atoms. The highest BCUT2D eigenvalue weighted by Crippen LogP contribution is 2.14. The molecule has 0 aliphatic carbocycles. The summed E-state index contributed by atoms with van der Waals surface area (Å²) in [5, 5.41) is 2.98. The second-order valence-electron chi connectivity index (χ2n) is 2.31. The van der Waals surface area contributed by atoms with Gasteiger partial charge in [0, 0.05) is 12.7 Å². The average molecular weight is 169 g/mol. The molecule has 0 atom stereocenters. The van der Waals surface area contributed by atoms with E-state index in [2.05, 4.69) is 5.32 Å². The van der Waals surface area contributed by atoms with E-state index in [0.717, 1.165) is 5.69 Å². The van der Waals surface area contributed by atoms with Crippen molar-refractivity contribution in [2.75, 3.05) is 25.6 Å². The number of alkyl halides is 1. The van der Waals surface area contributed by atoms with E-state index in [1.807, 2.05) is 31.3 Å². The zero-order chi connectivity index (χ0) is 8.81. The van der Waals surface area contributed by atoms with Crippen LogP contribution in [0.15, 0.2) is 24.3 Å². The number of benzene rings is 1. The van der Waals surface area contributed by atoms with Gasteiger partial charge in [0.15, 0.2) is 0 Å². The Labute approximate surface area is 71.4 Å². The molecular weight excluding hydrogens is 157 g/mol. The normalized spacial score (nSPS) is 9.50. The maximum Gasteiger partial charge on any atom is 0.123 e. The Morgan fingerprint density at radius 2 is 2.00 bits per heavy atom. The predicted octanol–water partition coefficient (Wildman–Crippen LogP) is 2.08. The van der Waals surface area contributed by atoms with Gasteiger partial charge in [-0.25, -0.2) is 4.39 Å². The van der Waals surface area contributed by atoms with Crippen molar-refractivity contribution in [1.29, 1.82) is 0 Å². The van der Waals surface area contributed by atoms with E-state index in [1.54, 1.807) is 0 Å². The highest BCUT2D eigenvalue weighted by Gasteiger charge is 1.92. The molecule has 2 nitrogen and oxygen atoms in total. The summed E-state index contributed by atoms with van der Waals surface area (Å²) in [6.07, 6.45) is 0. The first-order valence-corrected chi connectivity index (χ1v) is 3.83. The van der Waals surface area contributed by atoms with Crippen LogP contribution in [0.1, 0.15) is 0 Å². The molecular formula is C9H12FNO. The molecule has 12 heavy (non-hydrogen) atoms. The number of anilines is 1. The van der Waals surface area contributed by atoms with Gasteiger partial charge >= 0.3 is 0 Å². The van der Waals surface area contributed by atoms with Crippen molar-refractivity contribution in [2.45, 2.75) is 0 Å². The van der Waals surface area contributed by atoms with Crippen LogP contribution in [0.4, 0.5) is 10.1 Å². The highest BCUT2D eigenvalue weighted by atomic mass is 19.1. The van der Waals surface area contributed by atoms with Crippen LogP contribution < -0.4 is 10.1 Å². The fraction of sp³-hybridized carbons (Fsp3) is 0.333. The Morgan fingerprint density at radius 3 is 2.50 bits per heavy atom. The fourth-order valence-electron chi connectivity index (χ4n) is 0.874. The third-order valence-corrected chi connectivity index (χ3v) is 1.49. The fourth-order valence-corrected chi connectivity index (χ4v) is 0.874. The van der Waals surface area contributed by atoms with E-state index in [-0.39, 0.29) is 6.61 Å². The van der Waals surface area contributed by atoms with Gasteiger partial charge in [-0.3, -0.25) is 0 Å². The second-order valence-corrected chi connectivity index (χ2v) is 2.31. The largest absolute Gasteiger partial charge is 0.491 e. The standard InChI is InChI=1S/C9H12FNO/c1-11-8-2-4-9(5-3-8)12-7-6-10/h2-5,11H,6-7H2,1H3. The van der Waals surface area contributed by atoms with Crippen LogP contribution in [-0.2, 0) is 0 Å². The lowest BCUT2D eigenvalue weighted by atomic mass is 10.3. The summed E-state index contributed by atoms with van der Waals surface area (Å²) in [6, 6.07) is 7.38. The van der Waals surface area contributed by atoms with Crippen molar-refractivity contribution in [3.63, 3.8) is 0 Å². The molecule has 0 spiro atoms. The van der Waals surface area contributed by atoms with Gasteiger partial charge in [0.05, 0.1) is 0 Å². The summed E-state index contributed by atoms with van der Waals surface area (Å²) in [6.45, 7) is -0.327. The zero-order valence-electron chi connectivity index (χ0n) is 7.01. The maximum atomic E-state index is 11.7. The first kappa shape index (κ1) is 8.84. The van der Waals surface area contributed by atoms with Gasteiger partial charge < -0.3 is 10.1 Å². The number of halogens is 1. The summed E-state index contributed by atoms with van der Waals surface area (Å²) < 4.78 is 16.7. The molecule has 0 aliphatic heterocycles. The highest BCUT2D eigenvalue weighted by molar-refractivity contribution is 5.45. The Hall–Kier alpha value is -1.25. The molecule has 1 rings (SSSR count). The molecule has 0 aromatic heterocycles. The van der Waals surface area contributed by atoms with Crippen molar-refractivity contribution in [2.24, 2.45) is 0 Å². The molecule has 0 amide bonds. The third kappa shape index (κ3) is 2.42. The molecule has 1 aromatic carbocycles. The smallest absolute Gasteiger partial charge is 0.123 e. The van der Waals surface area contributed by atoms with Crippen molar-refractivity contribution >= 4 is 5.69 Å². The minimum Gasteiger partial charge on any atom is -0.491 e. The molecule has 0 fully saturated rings. The lowest BCUT2D eigenvalue weighted by Crippen LogP contribution is -1.98. The summed E-state index contributed by atoms with van der Waals surface area (Å²) in [5.74, 6) is 0.701. The first-order chi connectivity index (χ1) is 5.86. The topological polar surface area (TPSA) is 21.3 Å². The van der Waals surface area contributed by atoms with Crippen LogP contribution in [0.2, 0.25) is 0 Å². The number of rotatable bonds is 4. The number of nitrogens with one attached hydrogen (secondary N) is 1. The lowest BCUT2D eigenvalue weighted by Gasteiger charge is -2.04. The van der Waals surface area contributed by atoms with Gasteiger partial charge in [-0.05, 0) is 24.3 Å². The number of ether oxygens (including phenoxy) is 1. The van der Waals surface area contributed by atoms with Crippen molar-refractivity contribution in [3.05, 3.63) is 24.3 Å². The quantitative estimate of drug-likeness (QED) is 0.745. The van der Waals surface area contributed by atoms with E-state index in [1.165, 1.54) is 0 Å². The van der Waals surface area contributed by atoms with Gasteiger partial charge in [0.1, 0.15) is 19.0 Å². The molecule has 0 heterocycles. The Balaban J connectivity index is 2.53. The molecule has 0 unspecified atom stereocenters. The minimum atomic E-state index is -0.451. The van der Waals surface area contributed by atoms with Crippen LogP contribution in [0, 0.1) is 0 Å². The van der Waals surface area contributed by atoms with E-state index in [0.29, 0.717) is 5.75 Å². The molecule has 66 valence electrons. The zero-order valence-corrected chi connectivity index (χ0v) is 7.01. The molecule has 0 saturated heterocycles. The molecule has 0 radical (unpaired) electrons. The van der Waals surface area contributed by atoms with Crippen LogP contribution in [0.5, 0.6) is 5.75 Å².